The summed E-state index contributed by atoms with van der Waals surface area (Å²) < 4.78 is 2.24. The molecule has 0 aliphatic rings. The van der Waals surface area contributed by atoms with Gasteiger partial charge in [-0.1, -0.05) is 35.5 Å². The molecule has 0 amide bonds. The van der Waals surface area contributed by atoms with Crippen molar-refractivity contribution in [2.24, 2.45) is 5.16 Å². The molecule has 4 rings (SSSR count). The average Bonchev–Trinajstić information content (AvgIpc) is 3.05. The second-order valence-corrected chi connectivity index (χ2v) is 7.04. The zero-order valence-corrected chi connectivity index (χ0v) is 16.2. The van der Waals surface area contributed by atoms with Crippen LogP contribution in [-0.2, 0) is 6.54 Å². The van der Waals surface area contributed by atoms with E-state index >= 15 is 0 Å². The van der Waals surface area contributed by atoms with E-state index in [1.165, 1.54) is 0 Å². The number of aryl methyl sites for hydroxylation is 2. The summed E-state index contributed by atoms with van der Waals surface area (Å²) in [7, 11) is 0. The number of nitrogens with zero attached hydrogens (tertiary/aromatic N) is 2. The van der Waals surface area contributed by atoms with Crippen LogP contribution in [-0.4, -0.2) is 21.3 Å². The Balaban J connectivity index is 1.96. The number of benzene rings is 3. The number of hydrogen-bond acceptors (Lipinski definition) is 3. The maximum Gasteiger partial charge on any atom is 0.193 e. The van der Waals surface area contributed by atoms with Crippen LogP contribution in [0.4, 0.5) is 0 Å². The third kappa shape index (κ3) is 2.78. The SMILES string of the molecule is CCn1c2ccc(C(=O)c3ccccc3C)cc2c2cc(/C(C)=N/O)ccc21. The number of carbonyl (C=O) groups is 1. The number of ketones is 1. The predicted molar refractivity (Wildman–Crippen MR) is 114 cm³/mol. The molecule has 1 N–H and O–H groups in total. The Labute approximate surface area is 163 Å². The number of aromatic nitrogens is 1. The van der Waals surface area contributed by atoms with Gasteiger partial charge in [-0.15, -0.1) is 0 Å². The predicted octanol–water partition coefficient (Wildman–Crippen LogP) is 5.55. The van der Waals surface area contributed by atoms with E-state index in [1.54, 1.807) is 6.92 Å². The Kier molecular flexibility index (Phi) is 4.47. The van der Waals surface area contributed by atoms with Crippen LogP contribution in [0.5, 0.6) is 0 Å². The van der Waals surface area contributed by atoms with E-state index in [2.05, 4.69) is 16.6 Å². The molecule has 0 atom stereocenters. The second kappa shape index (κ2) is 6.97. The largest absolute Gasteiger partial charge is 0.411 e. The van der Waals surface area contributed by atoms with Gasteiger partial charge >= 0.3 is 0 Å². The third-order valence-corrected chi connectivity index (χ3v) is 5.40. The molecule has 0 unspecified atom stereocenters. The Morgan fingerprint density at radius 3 is 2.18 bits per heavy atom. The molecule has 0 aliphatic carbocycles. The van der Waals surface area contributed by atoms with Crippen molar-refractivity contribution in [3.05, 3.63) is 82.9 Å². The lowest BCUT2D eigenvalue weighted by Gasteiger charge is -2.06. The lowest BCUT2D eigenvalue weighted by Crippen LogP contribution is -2.03. The van der Waals surface area contributed by atoms with Gasteiger partial charge in [0.15, 0.2) is 5.78 Å². The van der Waals surface area contributed by atoms with Crippen molar-refractivity contribution < 1.29 is 10.0 Å². The van der Waals surface area contributed by atoms with Gasteiger partial charge in [0.05, 0.1) is 5.71 Å². The summed E-state index contributed by atoms with van der Waals surface area (Å²) in [6.45, 7) is 6.67. The van der Waals surface area contributed by atoms with E-state index in [0.717, 1.165) is 45.0 Å². The van der Waals surface area contributed by atoms with Crippen molar-refractivity contribution in [2.75, 3.05) is 0 Å². The van der Waals surface area contributed by atoms with Crippen molar-refractivity contribution in [3.8, 4) is 0 Å². The van der Waals surface area contributed by atoms with Crippen LogP contribution < -0.4 is 0 Å². The molecule has 140 valence electrons. The molecule has 0 bridgehead atoms. The molecule has 4 aromatic rings. The van der Waals surface area contributed by atoms with Crippen LogP contribution in [0.1, 0.15) is 40.9 Å². The quantitative estimate of drug-likeness (QED) is 0.221. The highest BCUT2D eigenvalue weighted by Gasteiger charge is 2.16. The maximum absolute atomic E-state index is 13.1. The van der Waals surface area contributed by atoms with Gasteiger partial charge in [-0.05, 0) is 62.2 Å². The fraction of sp³-hybridized carbons (Fsp3) is 0.167. The van der Waals surface area contributed by atoms with Gasteiger partial charge in [-0.3, -0.25) is 4.79 Å². The highest BCUT2D eigenvalue weighted by Crippen LogP contribution is 2.31. The minimum atomic E-state index is 0.0293. The van der Waals surface area contributed by atoms with E-state index in [4.69, 9.17) is 5.21 Å². The normalized spacial score (nSPS) is 12.0. The van der Waals surface area contributed by atoms with Crippen LogP contribution in [0.2, 0.25) is 0 Å². The van der Waals surface area contributed by atoms with E-state index in [-0.39, 0.29) is 5.78 Å². The zero-order chi connectivity index (χ0) is 19.8. The van der Waals surface area contributed by atoms with E-state index in [0.29, 0.717) is 11.3 Å². The van der Waals surface area contributed by atoms with Gasteiger partial charge in [0.2, 0.25) is 0 Å². The molecule has 1 aromatic heterocycles. The molecule has 4 heteroatoms. The van der Waals surface area contributed by atoms with E-state index < -0.39 is 0 Å². The lowest BCUT2D eigenvalue weighted by molar-refractivity contribution is 0.103. The first kappa shape index (κ1) is 18.0. The molecule has 1 heterocycles. The van der Waals surface area contributed by atoms with Crippen LogP contribution in [0, 0.1) is 6.92 Å². The monoisotopic (exact) mass is 370 g/mol. The fourth-order valence-corrected chi connectivity index (χ4v) is 3.85. The first-order valence-corrected chi connectivity index (χ1v) is 9.40. The standard InChI is InChI=1S/C24H22N2O2/c1-4-26-22-11-9-17(16(3)25-28)13-20(22)21-14-18(10-12-23(21)26)24(27)19-8-6-5-7-15(19)2/h5-14,28H,4H2,1-3H3/b25-16+. The van der Waals surface area contributed by atoms with Crippen LogP contribution in [0.15, 0.2) is 65.8 Å². The maximum atomic E-state index is 13.1. The molecule has 4 nitrogen and oxygen atoms in total. The number of fused-ring (bicyclic) bond motifs is 3. The molecule has 0 saturated carbocycles. The Morgan fingerprint density at radius 2 is 1.57 bits per heavy atom. The van der Waals surface area contributed by atoms with Crippen LogP contribution in [0.25, 0.3) is 21.8 Å². The summed E-state index contributed by atoms with van der Waals surface area (Å²) in [5.41, 5.74) is 6.00. The smallest absolute Gasteiger partial charge is 0.193 e. The van der Waals surface area contributed by atoms with E-state index in [9.17, 15) is 4.79 Å². The molecule has 0 spiro atoms. The molecule has 28 heavy (non-hydrogen) atoms. The molecule has 3 aromatic carbocycles. The fourth-order valence-electron chi connectivity index (χ4n) is 3.85. The van der Waals surface area contributed by atoms with Gasteiger partial charge in [0.1, 0.15) is 0 Å². The van der Waals surface area contributed by atoms with Crippen molar-refractivity contribution >= 4 is 33.3 Å². The number of carbonyl (C=O) groups excluding carboxylic acids is 1. The van der Waals surface area contributed by atoms with Crippen LogP contribution >= 0.6 is 0 Å². The highest BCUT2D eigenvalue weighted by atomic mass is 16.4. The lowest BCUT2D eigenvalue weighted by atomic mass is 9.97. The first-order chi connectivity index (χ1) is 13.5. The average molecular weight is 370 g/mol. The van der Waals surface area contributed by atoms with Gasteiger partial charge in [0, 0.05) is 39.5 Å². The van der Waals surface area contributed by atoms with Crippen molar-refractivity contribution in [3.63, 3.8) is 0 Å². The Morgan fingerprint density at radius 1 is 0.964 bits per heavy atom. The zero-order valence-electron chi connectivity index (χ0n) is 16.2. The molecule has 0 aliphatic heterocycles. The third-order valence-electron chi connectivity index (χ3n) is 5.40. The van der Waals surface area contributed by atoms with Gasteiger partial charge in [-0.25, -0.2) is 0 Å². The number of hydrogen-bond donors (Lipinski definition) is 1. The molecular formula is C24H22N2O2. The summed E-state index contributed by atoms with van der Waals surface area (Å²) in [4.78, 5) is 13.1. The summed E-state index contributed by atoms with van der Waals surface area (Å²) in [6, 6.07) is 19.6. The minimum absolute atomic E-state index is 0.0293. The summed E-state index contributed by atoms with van der Waals surface area (Å²) in [5, 5.41) is 14.5. The summed E-state index contributed by atoms with van der Waals surface area (Å²) in [6.07, 6.45) is 0. The Bertz CT molecular complexity index is 1250. The van der Waals surface area contributed by atoms with Crippen LogP contribution in [0.3, 0.4) is 0 Å². The van der Waals surface area contributed by atoms with E-state index in [1.807, 2.05) is 67.6 Å². The summed E-state index contributed by atoms with van der Waals surface area (Å²) in [5.74, 6) is 0.0293. The topological polar surface area (TPSA) is 54.6 Å². The number of oxime groups is 1. The number of rotatable bonds is 4. The minimum Gasteiger partial charge on any atom is -0.411 e. The first-order valence-electron chi connectivity index (χ1n) is 9.40. The summed E-state index contributed by atoms with van der Waals surface area (Å²) >= 11 is 0. The molecular weight excluding hydrogens is 348 g/mol. The second-order valence-electron chi connectivity index (χ2n) is 7.04. The highest BCUT2D eigenvalue weighted by molar-refractivity contribution is 6.16. The van der Waals surface area contributed by atoms with Gasteiger partial charge < -0.3 is 9.77 Å². The van der Waals surface area contributed by atoms with Gasteiger partial charge in [-0.2, -0.15) is 0 Å². The molecule has 0 fully saturated rings. The molecule has 0 saturated heterocycles. The van der Waals surface area contributed by atoms with Gasteiger partial charge in [0.25, 0.3) is 0 Å². The van der Waals surface area contributed by atoms with Crippen molar-refractivity contribution in [2.45, 2.75) is 27.3 Å². The van der Waals surface area contributed by atoms with Crippen molar-refractivity contribution in [1.29, 1.82) is 0 Å². The molecule has 0 radical (unpaired) electrons. The van der Waals surface area contributed by atoms with Crippen molar-refractivity contribution in [1.82, 2.24) is 4.57 Å². The Hall–Kier alpha value is -3.40.